The molecule has 0 unspecified atom stereocenters. The molecule has 2 N–H and O–H groups in total. The summed E-state index contributed by atoms with van der Waals surface area (Å²) >= 11 is 0. The van der Waals surface area contributed by atoms with Crippen molar-refractivity contribution in [3.63, 3.8) is 0 Å². The third kappa shape index (κ3) is 3.63. The summed E-state index contributed by atoms with van der Waals surface area (Å²) in [7, 11) is 1.45. The Morgan fingerprint density at radius 1 is 1.56 bits per heavy atom. The van der Waals surface area contributed by atoms with Gasteiger partial charge in [-0.1, -0.05) is 0 Å². The number of aliphatic hydroxyl groups is 1. The van der Waals surface area contributed by atoms with Crippen LogP contribution in [0.2, 0.25) is 0 Å². The zero-order valence-corrected chi connectivity index (χ0v) is 9.74. The summed E-state index contributed by atoms with van der Waals surface area (Å²) in [6.07, 6.45) is 1.39. The first-order valence-corrected chi connectivity index (χ1v) is 5.18. The molecule has 0 fully saturated rings. The molecule has 7 nitrogen and oxygen atoms in total. The molecule has 0 aliphatic carbocycles. The average Bonchev–Trinajstić information content (AvgIpc) is 2.39. The molecule has 0 aliphatic heterocycles. The van der Waals surface area contributed by atoms with Gasteiger partial charge in [-0.15, -0.1) is 0 Å². The van der Waals surface area contributed by atoms with Crippen molar-refractivity contribution < 1.29 is 14.8 Å². The second kappa shape index (κ2) is 6.45. The topological polar surface area (TPSA) is 105 Å². The highest BCUT2D eigenvalue weighted by Gasteiger charge is 2.13. The Labute approximate surface area is 103 Å². The number of amides is 1. The van der Waals surface area contributed by atoms with Crippen molar-refractivity contribution in [2.24, 2.45) is 4.99 Å². The first-order valence-electron chi connectivity index (χ1n) is 5.18. The fraction of sp³-hybridized carbons (Fsp3) is 0.273. The maximum Gasteiger partial charge on any atom is 0.269 e. The molecular formula is C11H13N3O4. The third-order valence-electron chi connectivity index (χ3n) is 2.23. The Balaban J connectivity index is 2.77. The minimum absolute atomic E-state index is 0.0165. The van der Waals surface area contributed by atoms with Crippen molar-refractivity contribution >= 4 is 17.8 Å². The summed E-state index contributed by atoms with van der Waals surface area (Å²) in [4.78, 5) is 25.1. The first kappa shape index (κ1) is 13.8. The molecule has 1 aromatic rings. The number of aliphatic hydroxyl groups excluding tert-OH is 1. The van der Waals surface area contributed by atoms with Crippen LogP contribution in [0.5, 0.6) is 0 Å². The van der Waals surface area contributed by atoms with Crippen molar-refractivity contribution in [1.29, 1.82) is 0 Å². The monoisotopic (exact) mass is 251 g/mol. The van der Waals surface area contributed by atoms with Crippen LogP contribution < -0.4 is 5.32 Å². The molecule has 18 heavy (non-hydrogen) atoms. The van der Waals surface area contributed by atoms with Gasteiger partial charge >= 0.3 is 0 Å². The molecule has 7 heteroatoms. The normalized spacial score (nSPS) is 12.3. The lowest BCUT2D eigenvalue weighted by molar-refractivity contribution is -0.384. The maximum atomic E-state index is 11.2. The molecular weight excluding hydrogens is 238 g/mol. The van der Waals surface area contributed by atoms with Crippen molar-refractivity contribution in [3.8, 4) is 0 Å². The molecule has 0 aromatic heterocycles. The minimum Gasteiger partial charge on any atom is -0.394 e. The summed E-state index contributed by atoms with van der Waals surface area (Å²) in [5, 5.41) is 21.8. The number of nitrogens with one attached hydrogen (secondary N) is 1. The van der Waals surface area contributed by atoms with Crippen molar-refractivity contribution in [2.45, 2.75) is 6.04 Å². The maximum absolute atomic E-state index is 11.2. The SMILES string of the molecule is CNC(=O)[C@H](CO)/N=C/c1ccc([N+](=O)[O-])cc1. The van der Waals surface area contributed by atoms with Crippen LogP contribution in [-0.2, 0) is 4.79 Å². The highest BCUT2D eigenvalue weighted by atomic mass is 16.6. The number of non-ortho nitro benzene ring substituents is 1. The van der Waals surface area contributed by atoms with E-state index >= 15 is 0 Å². The number of hydrogen-bond acceptors (Lipinski definition) is 5. The van der Waals surface area contributed by atoms with Gasteiger partial charge in [-0.05, 0) is 17.7 Å². The molecule has 0 aliphatic rings. The molecule has 0 saturated carbocycles. The molecule has 0 spiro atoms. The first-order chi connectivity index (χ1) is 8.58. The Hall–Kier alpha value is -2.28. The number of nitrogens with zero attached hydrogens (tertiary/aromatic N) is 2. The number of benzene rings is 1. The van der Waals surface area contributed by atoms with Crippen LogP contribution in [0.25, 0.3) is 0 Å². The molecule has 0 heterocycles. The Bertz CT molecular complexity index is 456. The molecule has 0 radical (unpaired) electrons. The van der Waals surface area contributed by atoms with Crippen LogP contribution in [0.3, 0.4) is 0 Å². The van der Waals surface area contributed by atoms with Gasteiger partial charge in [0.1, 0.15) is 0 Å². The van der Waals surface area contributed by atoms with Gasteiger partial charge in [0.05, 0.1) is 11.5 Å². The van der Waals surface area contributed by atoms with Gasteiger partial charge in [0.15, 0.2) is 6.04 Å². The Kier molecular flexibility index (Phi) is 4.94. The molecule has 0 bridgehead atoms. The lowest BCUT2D eigenvalue weighted by atomic mass is 10.2. The van der Waals surface area contributed by atoms with E-state index < -0.39 is 23.5 Å². The standard InChI is InChI=1S/C11H13N3O4/c1-12-11(16)10(7-15)13-6-8-2-4-9(5-3-8)14(17)18/h2-6,10,15H,7H2,1H3,(H,12,16)/b13-6+/t10-/m0/s1. The zero-order valence-electron chi connectivity index (χ0n) is 9.74. The molecule has 1 atom stereocenters. The number of rotatable bonds is 5. The van der Waals surface area contributed by atoms with E-state index in [0.717, 1.165) is 0 Å². The second-order valence-corrected chi connectivity index (χ2v) is 3.44. The Morgan fingerprint density at radius 3 is 2.61 bits per heavy atom. The third-order valence-corrected chi connectivity index (χ3v) is 2.23. The number of aliphatic imine (C=N–C) groups is 1. The summed E-state index contributed by atoms with van der Waals surface area (Å²) < 4.78 is 0. The highest BCUT2D eigenvalue weighted by Crippen LogP contribution is 2.10. The van der Waals surface area contributed by atoms with Gasteiger partial charge in [0.2, 0.25) is 5.91 Å². The summed E-state index contributed by atoms with van der Waals surface area (Å²) in [5.41, 5.74) is 0.597. The van der Waals surface area contributed by atoms with Gasteiger partial charge in [0, 0.05) is 25.4 Å². The lowest BCUT2D eigenvalue weighted by Gasteiger charge is -2.06. The quantitative estimate of drug-likeness (QED) is 0.440. The predicted octanol–water partition coefficient (Wildman–Crippen LogP) is 0.121. The number of likely N-dealkylation sites (N-methyl/N-ethyl adjacent to an activating group) is 1. The van der Waals surface area contributed by atoms with Crippen LogP contribution in [0.15, 0.2) is 29.3 Å². The van der Waals surface area contributed by atoms with Crippen LogP contribution in [0.4, 0.5) is 5.69 Å². The predicted molar refractivity (Wildman–Crippen MR) is 65.6 cm³/mol. The van der Waals surface area contributed by atoms with Gasteiger partial charge in [0.25, 0.3) is 5.69 Å². The second-order valence-electron chi connectivity index (χ2n) is 3.44. The van der Waals surface area contributed by atoms with E-state index in [2.05, 4.69) is 10.3 Å². The number of carbonyl (C=O) groups excluding carboxylic acids is 1. The van der Waals surface area contributed by atoms with E-state index in [4.69, 9.17) is 5.11 Å². The van der Waals surface area contributed by atoms with E-state index in [1.165, 1.54) is 37.5 Å². The van der Waals surface area contributed by atoms with E-state index in [-0.39, 0.29) is 5.69 Å². The molecule has 1 aromatic carbocycles. The Morgan fingerprint density at radius 2 is 2.17 bits per heavy atom. The fourth-order valence-corrected chi connectivity index (χ4v) is 1.22. The van der Waals surface area contributed by atoms with Crippen LogP contribution in [0, 0.1) is 10.1 Å². The number of hydrogen-bond donors (Lipinski definition) is 2. The van der Waals surface area contributed by atoms with Crippen LogP contribution in [0.1, 0.15) is 5.56 Å². The summed E-state index contributed by atoms with van der Waals surface area (Å²) in [6.45, 7) is -0.400. The van der Waals surface area contributed by atoms with Gasteiger partial charge in [-0.2, -0.15) is 0 Å². The van der Waals surface area contributed by atoms with Crippen molar-refractivity contribution in [3.05, 3.63) is 39.9 Å². The average molecular weight is 251 g/mol. The van der Waals surface area contributed by atoms with Gasteiger partial charge < -0.3 is 10.4 Å². The largest absolute Gasteiger partial charge is 0.394 e. The highest BCUT2D eigenvalue weighted by molar-refractivity contribution is 5.86. The molecule has 0 saturated heterocycles. The molecule has 1 amide bonds. The smallest absolute Gasteiger partial charge is 0.269 e. The van der Waals surface area contributed by atoms with Crippen molar-refractivity contribution in [2.75, 3.05) is 13.7 Å². The van der Waals surface area contributed by atoms with Gasteiger partial charge in [-0.3, -0.25) is 19.9 Å². The number of nitro benzene ring substituents is 1. The van der Waals surface area contributed by atoms with E-state index in [0.29, 0.717) is 5.56 Å². The molecule has 1 rings (SSSR count). The van der Waals surface area contributed by atoms with Crippen molar-refractivity contribution in [1.82, 2.24) is 5.32 Å². The van der Waals surface area contributed by atoms with E-state index in [1.54, 1.807) is 0 Å². The van der Waals surface area contributed by atoms with E-state index in [9.17, 15) is 14.9 Å². The minimum atomic E-state index is -0.870. The van der Waals surface area contributed by atoms with Crippen LogP contribution >= 0.6 is 0 Å². The zero-order chi connectivity index (χ0) is 13.5. The van der Waals surface area contributed by atoms with Crippen LogP contribution in [-0.4, -0.2) is 41.8 Å². The summed E-state index contributed by atoms with van der Waals surface area (Å²) in [5.74, 6) is -0.393. The van der Waals surface area contributed by atoms with E-state index in [1.807, 2.05) is 0 Å². The van der Waals surface area contributed by atoms with Gasteiger partial charge in [-0.25, -0.2) is 0 Å². The number of carbonyl (C=O) groups is 1. The fourth-order valence-electron chi connectivity index (χ4n) is 1.22. The number of nitro groups is 1. The summed E-state index contributed by atoms with van der Waals surface area (Å²) in [6, 6.07) is 4.84. The molecule has 96 valence electrons. The lowest BCUT2D eigenvalue weighted by Crippen LogP contribution is -2.33.